The normalized spacial score (nSPS) is 40.9. The molecule has 1 heterocycles. The molecule has 2 bridgehead atoms. The predicted molar refractivity (Wildman–Crippen MR) is 140 cm³/mol. The van der Waals surface area contributed by atoms with Gasteiger partial charge in [-0.3, -0.25) is 13.8 Å². The fourth-order valence-corrected chi connectivity index (χ4v) is 9.39. The van der Waals surface area contributed by atoms with Crippen molar-refractivity contribution in [2.75, 3.05) is 5.75 Å². The highest BCUT2D eigenvalue weighted by Crippen LogP contribution is 2.70. The summed E-state index contributed by atoms with van der Waals surface area (Å²) in [5, 5.41) is 21.6. The molecule has 1 unspecified atom stereocenters. The molecule has 3 saturated carbocycles. The number of carbonyl (C=O) groups is 2. The van der Waals surface area contributed by atoms with Gasteiger partial charge in [-0.1, -0.05) is 40.7 Å². The Labute approximate surface area is 226 Å². The zero-order chi connectivity index (χ0) is 27.8. The van der Waals surface area contributed by atoms with Gasteiger partial charge in [-0.25, -0.2) is 4.39 Å². The Bertz CT molecular complexity index is 1190. The van der Waals surface area contributed by atoms with Gasteiger partial charge in [0.05, 0.1) is 28.4 Å². The van der Waals surface area contributed by atoms with E-state index in [-0.39, 0.29) is 45.9 Å². The molecule has 1 aromatic carbocycles. The standard InChI is InChI=1S/C28H38BFO7S/c1-6-26(4)12-20(27(5)15(2)11-28(16(3)25(26)33)10-9-18(31)24(27)28)37-21(32)14-38(35)19-8-7-17-13-36-29(34)22(17)23(19)30/h7-8,15-16,20,24-25,33-34H,6,9-14H2,1-5H3/t15-,16+,20?,24+,25+,26-,27+,28-,38+/m1/s1. The van der Waals surface area contributed by atoms with Gasteiger partial charge in [-0.05, 0) is 60.0 Å². The number of benzene rings is 1. The Morgan fingerprint density at radius 3 is 2.68 bits per heavy atom. The van der Waals surface area contributed by atoms with Crippen molar-refractivity contribution in [1.82, 2.24) is 0 Å². The molecule has 38 heavy (non-hydrogen) atoms. The van der Waals surface area contributed by atoms with E-state index in [4.69, 9.17) is 9.39 Å². The quantitative estimate of drug-likeness (QED) is 0.430. The third-order valence-electron chi connectivity index (χ3n) is 11.0. The summed E-state index contributed by atoms with van der Waals surface area (Å²) in [6.07, 6.45) is 1.69. The summed E-state index contributed by atoms with van der Waals surface area (Å²) in [5.41, 5.74) is -1.08. The smallest absolute Gasteiger partial charge is 0.461 e. The van der Waals surface area contributed by atoms with Crippen molar-refractivity contribution in [3.63, 3.8) is 0 Å². The Hall–Kier alpha value is -1.62. The van der Waals surface area contributed by atoms with Gasteiger partial charge >= 0.3 is 13.1 Å². The van der Waals surface area contributed by atoms with Crippen LogP contribution in [0.1, 0.15) is 72.3 Å². The number of hydrogen-bond donors (Lipinski definition) is 2. The number of aliphatic hydroxyl groups is 1. The van der Waals surface area contributed by atoms with Crippen LogP contribution in [0.4, 0.5) is 4.39 Å². The molecule has 0 saturated heterocycles. The van der Waals surface area contributed by atoms with Crippen molar-refractivity contribution < 1.29 is 37.7 Å². The topological polar surface area (TPSA) is 110 Å². The van der Waals surface area contributed by atoms with Crippen LogP contribution in [0.25, 0.3) is 0 Å². The van der Waals surface area contributed by atoms with Crippen molar-refractivity contribution in [1.29, 1.82) is 0 Å². The minimum absolute atomic E-state index is 0.0468. The number of hydrogen-bond acceptors (Lipinski definition) is 7. The van der Waals surface area contributed by atoms with Crippen LogP contribution in [0, 0.1) is 39.8 Å². The molecule has 1 aromatic rings. The fourth-order valence-electron chi connectivity index (χ4n) is 8.42. The molecule has 4 aliphatic rings. The first-order valence-corrected chi connectivity index (χ1v) is 15.0. The average molecular weight is 548 g/mol. The molecular weight excluding hydrogens is 510 g/mol. The SMILES string of the molecule is CC[C@]1(C)CC(OC(=O)C[S@](=O)c2ccc3c(c2F)B(O)OC3)[C@]2(C)[C@H](C)C[C@]3(CCC(=O)[C@H]32)[C@@H](C)[C@@H]1O. The highest BCUT2D eigenvalue weighted by atomic mass is 32.2. The molecule has 0 aromatic heterocycles. The molecular formula is C28H38BFO7S. The second-order valence-corrected chi connectivity index (χ2v) is 14.1. The van der Waals surface area contributed by atoms with E-state index in [1.165, 1.54) is 6.07 Å². The predicted octanol–water partition coefficient (Wildman–Crippen LogP) is 2.89. The molecule has 3 aliphatic carbocycles. The van der Waals surface area contributed by atoms with Crippen LogP contribution in [0.2, 0.25) is 0 Å². The lowest BCUT2D eigenvalue weighted by atomic mass is 9.54. The third kappa shape index (κ3) is 3.88. The number of Topliss-reactive ketones (excluding diaryl/α,β-unsaturated/α-hetero) is 1. The molecule has 0 amide bonds. The van der Waals surface area contributed by atoms with E-state index in [9.17, 15) is 23.9 Å². The van der Waals surface area contributed by atoms with E-state index >= 15 is 4.39 Å². The molecule has 208 valence electrons. The van der Waals surface area contributed by atoms with Crippen LogP contribution in [-0.4, -0.2) is 51.2 Å². The molecule has 0 spiro atoms. The first kappa shape index (κ1) is 27.9. The zero-order valence-corrected chi connectivity index (χ0v) is 23.6. The van der Waals surface area contributed by atoms with E-state index in [1.807, 2.05) is 20.8 Å². The summed E-state index contributed by atoms with van der Waals surface area (Å²) in [6, 6.07) is 2.90. The second-order valence-electron chi connectivity index (χ2n) is 12.6. The largest absolute Gasteiger partial charge is 0.494 e. The monoisotopic (exact) mass is 548 g/mol. The molecule has 9 atom stereocenters. The lowest BCUT2D eigenvalue weighted by Gasteiger charge is -2.52. The summed E-state index contributed by atoms with van der Waals surface area (Å²) in [5.74, 6) is -2.28. The van der Waals surface area contributed by atoms with E-state index in [1.54, 1.807) is 6.07 Å². The van der Waals surface area contributed by atoms with Gasteiger partial charge in [0.1, 0.15) is 23.5 Å². The number of fused-ring (bicyclic) bond motifs is 1. The maximum absolute atomic E-state index is 15.1. The molecule has 1 aliphatic heterocycles. The van der Waals surface area contributed by atoms with Crippen molar-refractivity contribution in [3.8, 4) is 0 Å². The van der Waals surface area contributed by atoms with Crippen LogP contribution in [0.15, 0.2) is 17.0 Å². The minimum atomic E-state index is -2.05. The second kappa shape index (κ2) is 9.49. The Balaban J connectivity index is 1.45. The first-order chi connectivity index (χ1) is 17.8. The van der Waals surface area contributed by atoms with E-state index in [0.717, 1.165) is 12.8 Å². The number of carbonyl (C=O) groups excluding carboxylic acids is 2. The van der Waals surface area contributed by atoms with Gasteiger partial charge in [-0.15, -0.1) is 0 Å². The van der Waals surface area contributed by atoms with Crippen molar-refractivity contribution in [2.45, 2.75) is 90.4 Å². The molecule has 2 N–H and O–H groups in total. The number of rotatable bonds is 5. The lowest BCUT2D eigenvalue weighted by Crippen LogP contribution is -2.56. The lowest BCUT2D eigenvalue weighted by molar-refractivity contribution is -0.176. The number of ether oxygens (including phenoxy) is 1. The number of halogens is 1. The average Bonchev–Trinajstić information content (AvgIpc) is 3.49. The van der Waals surface area contributed by atoms with Gasteiger partial charge in [0.15, 0.2) is 0 Å². The number of aliphatic hydroxyl groups excluding tert-OH is 1. The molecule has 10 heteroatoms. The maximum atomic E-state index is 15.1. The molecule has 5 rings (SSSR count). The van der Waals surface area contributed by atoms with Crippen LogP contribution < -0.4 is 5.46 Å². The van der Waals surface area contributed by atoms with Crippen LogP contribution in [-0.2, 0) is 36.4 Å². The summed E-state index contributed by atoms with van der Waals surface area (Å²) >= 11 is 0. The Kier molecular flexibility index (Phi) is 6.98. The van der Waals surface area contributed by atoms with Gasteiger partial charge in [0.25, 0.3) is 0 Å². The summed E-state index contributed by atoms with van der Waals surface area (Å²) in [4.78, 5) is 26.5. The van der Waals surface area contributed by atoms with Gasteiger partial charge in [0.2, 0.25) is 0 Å². The summed E-state index contributed by atoms with van der Waals surface area (Å²) in [6.45, 7) is 10.3. The first-order valence-electron chi connectivity index (χ1n) is 13.7. The minimum Gasteiger partial charge on any atom is -0.461 e. The van der Waals surface area contributed by atoms with E-state index in [0.29, 0.717) is 24.8 Å². The number of ketones is 1. The summed E-state index contributed by atoms with van der Waals surface area (Å²) < 4.78 is 39.4. The van der Waals surface area contributed by atoms with E-state index < -0.39 is 58.5 Å². The highest BCUT2D eigenvalue weighted by molar-refractivity contribution is 7.85. The van der Waals surface area contributed by atoms with Gasteiger partial charge in [0, 0.05) is 23.2 Å². The van der Waals surface area contributed by atoms with Crippen molar-refractivity contribution in [2.24, 2.45) is 34.0 Å². The molecule has 3 fully saturated rings. The Morgan fingerprint density at radius 1 is 1.29 bits per heavy atom. The van der Waals surface area contributed by atoms with E-state index in [2.05, 4.69) is 13.8 Å². The number of esters is 1. The maximum Gasteiger partial charge on any atom is 0.494 e. The molecule has 7 nitrogen and oxygen atoms in total. The third-order valence-corrected chi connectivity index (χ3v) is 12.3. The van der Waals surface area contributed by atoms with Crippen LogP contribution in [0.3, 0.4) is 0 Å². The van der Waals surface area contributed by atoms with Crippen molar-refractivity contribution in [3.05, 3.63) is 23.5 Å². The van der Waals surface area contributed by atoms with Gasteiger partial charge in [-0.2, -0.15) is 0 Å². The van der Waals surface area contributed by atoms with Crippen molar-refractivity contribution >= 4 is 35.1 Å². The molecule has 0 radical (unpaired) electrons. The van der Waals surface area contributed by atoms with Crippen LogP contribution >= 0.6 is 0 Å². The fraction of sp³-hybridized carbons (Fsp3) is 0.714. The van der Waals surface area contributed by atoms with Gasteiger partial charge < -0.3 is 19.5 Å². The highest BCUT2D eigenvalue weighted by Gasteiger charge is 2.71. The summed E-state index contributed by atoms with van der Waals surface area (Å²) in [7, 11) is -3.48. The van der Waals surface area contributed by atoms with Crippen LogP contribution in [0.5, 0.6) is 0 Å². The zero-order valence-electron chi connectivity index (χ0n) is 22.8. The Morgan fingerprint density at radius 2 is 2.00 bits per heavy atom.